The van der Waals surface area contributed by atoms with Gasteiger partial charge in [-0.2, -0.15) is 0 Å². The zero-order valence-electron chi connectivity index (χ0n) is 20.4. The molecule has 31 heavy (non-hydrogen) atoms. The summed E-state index contributed by atoms with van der Waals surface area (Å²) in [6, 6.07) is 0.372. The Morgan fingerprint density at radius 2 is 1.94 bits per heavy atom. The SMILES string of the molecule is CC(C)C1CCN=C1C[C@@H](C)[C@H]1CCC2C3=CC[C@H]4C[C@H](N)CC=C4CC3=CC[C@@]21C. The number of hydrogen-bond donors (Lipinski definition) is 1. The van der Waals surface area contributed by atoms with Crippen molar-refractivity contribution in [3.63, 3.8) is 0 Å². The molecule has 2 nitrogen and oxygen atoms in total. The molecule has 2 unspecified atom stereocenters. The molecule has 2 N–H and O–H groups in total. The second-order valence-electron chi connectivity index (χ2n) is 12.1. The molecule has 1 fully saturated rings. The summed E-state index contributed by atoms with van der Waals surface area (Å²) < 4.78 is 0. The van der Waals surface area contributed by atoms with E-state index in [1.807, 2.05) is 0 Å². The van der Waals surface area contributed by atoms with Gasteiger partial charge in [0, 0.05) is 24.2 Å². The number of nitrogens with zero attached hydrogens (tertiary/aromatic N) is 1. The van der Waals surface area contributed by atoms with E-state index in [2.05, 4.69) is 45.9 Å². The van der Waals surface area contributed by atoms with Crippen LogP contribution in [0.4, 0.5) is 0 Å². The van der Waals surface area contributed by atoms with Crippen molar-refractivity contribution in [3.05, 3.63) is 34.9 Å². The van der Waals surface area contributed by atoms with Crippen LogP contribution >= 0.6 is 0 Å². The number of allylic oxidation sites excluding steroid dienone is 5. The molecule has 0 aromatic rings. The van der Waals surface area contributed by atoms with Gasteiger partial charge in [-0.1, -0.05) is 51.5 Å². The molecule has 7 atom stereocenters. The molecule has 0 aromatic heterocycles. The summed E-state index contributed by atoms with van der Waals surface area (Å²) >= 11 is 0. The Morgan fingerprint density at radius 3 is 2.74 bits per heavy atom. The lowest BCUT2D eigenvalue weighted by atomic mass is 9.60. The van der Waals surface area contributed by atoms with Gasteiger partial charge in [0.15, 0.2) is 0 Å². The average Bonchev–Trinajstić information content (AvgIpc) is 3.28. The summed E-state index contributed by atoms with van der Waals surface area (Å²) in [5, 5.41) is 0. The molecule has 0 aromatic carbocycles. The first-order valence-corrected chi connectivity index (χ1v) is 13.2. The molecule has 4 aliphatic carbocycles. The Kier molecular flexibility index (Phi) is 5.82. The van der Waals surface area contributed by atoms with E-state index < -0.39 is 0 Å². The van der Waals surface area contributed by atoms with E-state index in [1.165, 1.54) is 51.4 Å². The van der Waals surface area contributed by atoms with Crippen LogP contribution in [-0.4, -0.2) is 18.3 Å². The van der Waals surface area contributed by atoms with E-state index in [-0.39, 0.29) is 0 Å². The van der Waals surface area contributed by atoms with Crippen LogP contribution in [0.25, 0.3) is 0 Å². The van der Waals surface area contributed by atoms with Crippen molar-refractivity contribution in [2.24, 2.45) is 51.6 Å². The minimum absolute atomic E-state index is 0.372. The molecular formula is C29H44N2. The van der Waals surface area contributed by atoms with Crippen molar-refractivity contribution in [3.8, 4) is 0 Å². The highest BCUT2D eigenvalue weighted by Crippen LogP contribution is 2.61. The topological polar surface area (TPSA) is 38.4 Å². The fraction of sp³-hybridized carbons (Fsp3) is 0.759. The Hall–Kier alpha value is -1.15. The number of rotatable bonds is 4. The van der Waals surface area contributed by atoms with Gasteiger partial charge in [-0.25, -0.2) is 0 Å². The van der Waals surface area contributed by atoms with Gasteiger partial charge < -0.3 is 5.73 Å². The van der Waals surface area contributed by atoms with Crippen LogP contribution in [0.5, 0.6) is 0 Å². The highest BCUT2D eigenvalue weighted by molar-refractivity contribution is 5.88. The highest BCUT2D eigenvalue weighted by Gasteiger charge is 2.51. The monoisotopic (exact) mass is 420 g/mol. The van der Waals surface area contributed by atoms with Crippen molar-refractivity contribution in [2.75, 3.05) is 6.54 Å². The molecule has 1 saturated carbocycles. The van der Waals surface area contributed by atoms with Crippen LogP contribution in [0, 0.1) is 40.9 Å². The van der Waals surface area contributed by atoms with Gasteiger partial charge in [-0.3, -0.25) is 4.99 Å². The van der Waals surface area contributed by atoms with Gasteiger partial charge in [0.1, 0.15) is 0 Å². The predicted molar refractivity (Wildman–Crippen MR) is 132 cm³/mol. The number of hydrogen-bond acceptors (Lipinski definition) is 2. The minimum Gasteiger partial charge on any atom is -0.327 e. The van der Waals surface area contributed by atoms with Gasteiger partial charge in [0.25, 0.3) is 0 Å². The largest absolute Gasteiger partial charge is 0.327 e. The van der Waals surface area contributed by atoms with Crippen LogP contribution in [-0.2, 0) is 0 Å². The number of nitrogens with two attached hydrogens (primary N) is 1. The lowest BCUT2D eigenvalue weighted by molar-refractivity contribution is 0.130. The lowest BCUT2D eigenvalue weighted by Crippen LogP contribution is -2.36. The zero-order valence-corrected chi connectivity index (χ0v) is 20.4. The van der Waals surface area contributed by atoms with Crippen molar-refractivity contribution in [2.45, 2.75) is 91.5 Å². The molecule has 1 aliphatic heterocycles. The molecule has 0 radical (unpaired) electrons. The first-order chi connectivity index (χ1) is 14.9. The summed E-state index contributed by atoms with van der Waals surface area (Å²) in [5.41, 5.74) is 13.4. The van der Waals surface area contributed by atoms with Crippen molar-refractivity contribution >= 4 is 5.71 Å². The lowest BCUT2D eigenvalue weighted by Gasteiger charge is -2.44. The summed E-state index contributed by atoms with van der Waals surface area (Å²) in [6.07, 6.45) is 19.0. The van der Waals surface area contributed by atoms with E-state index in [0.29, 0.717) is 17.4 Å². The van der Waals surface area contributed by atoms with E-state index >= 15 is 0 Å². The van der Waals surface area contributed by atoms with Gasteiger partial charge in [0.2, 0.25) is 0 Å². The Morgan fingerprint density at radius 1 is 1.10 bits per heavy atom. The summed E-state index contributed by atoms with van der Waals surface area (Å²) in [5.74, 6) is 4.50. The molecular weight excluding hydrogens is 376 g/mol. The maximum absolute atomic E-state index is 6.30. The normalized spacial score (nSPS) is 40.8. The molecule has 5 rings (SSSR count). The van der Waals surface area contributed by atoms with Crippen LogP contribution in [0.3, 0.4) is 0 Å². The molecule has 170 valence electrons. The van der Waals surface area contributed by atoms with Crippen molar-refractivity contribution < 1.29 is 0 Å². The van der Waals surface area contributed by atoms with E-state index in [0.717, 1.165) is 42.6 Å². The smallest absolute Gasteiger partial charge is 0.0395 e. The molecule has 5 aliphatic rings. The number of aliphatic imine (C=N–C) groups is 1. The first-order valence-electron chi connectivity index (χ1n) is 13.2. The molecule has 1 heterocycles. The molecule has 0 saturated heterocycles. The summed E-state index contributed by atoms with van der Waals surface area (Å²) in [6.45, 7) is 11.0. The molecule has 2 heteroatoms. The zero-order chi connectivity index (χ0) is 21.8. The fourth-order valence-electron chi connectivity index (χ4n) is 8.21. The summed E-state index contributed by atoms with van der Waals surface area (Å²) in [4.78, 5) is 4.98. The maximum Gasteiger partial charge on any atom is 0.0395 e. The third kappa shape index (κ3) is 3.81. The van der Waals surface area contributed by atoms with Gasteiger partial charge in [-0.05, 0) is 104 Å². The molecule has 0 amide bonds. The Bertz CT molecular complexity index is 828. The van der Waals surface area contributed by atoms with Crippen molar-refractivity contribution in [1.29, 1.82) is 0 Å². The maximum atomic E-state index is 6.30. The first kappa shape index (κ1) is 21.7. The van der Waals surface area contributed by atoms with Gasteiger partial charge in [0.05, 0.1) is 0 Å². The Labute approximate surface area is 190 Å². The van der Waals surface area contributed by atoms with Crippen LogP contribution in [0.15, 0.2) is 39.9 Å². The highest BCUT2D eigenvalue weighted by atomic mass is 14.8. The second kappa shape index (κ2) is 8.32. The Balaban J connectivity index is 1.35. The van der Waals surface area contributed by atoms with Crippen LogP contribution in [0.2, 0.25) is 0 Å². The average molecular weight is 421 g/mol. The second-order valence-corrected chi connectivity index (χ2v) is 12.1. The minimum atomic E-state index is 0.372. The van der Waals surface area contributed by atoms with Gasteiger partial charge >= 0.3 is 0 Å². The third-order valence-electron chi connectivity index (χ3n) is 9.96. The van der Waals surface area contributed by atoms with Crippen molar-refractivity contribution in [1.82, 2.24) is 0 Å². The summed E-state index contributed by atoms with van der Waals surface area (Å²) in [7, 11) is 0. The third-order valence-corrected chi connectivity index (χ3v) is 9.96. The fourth-order valence-corrected chi connectivity index (χ4v) is 8.21. The number of fused-ring (bicyclic) bond motifs is 4. The van der Waals surface area contributed by atoms with Crippen LogP contribution in [0.1, 0.15) is 85.5 Å². The van der Waals surface area contributed by atoms with Crippen LogP contribution < -0.4 is 5.73 Å². The quantitative estimate of drug-likeness (QED) is 0.495. The molecule has 0 bridgehead atoms. The van der Waals surface area contributed by atoms with E-state index in [9.17, 15) is 0 Å². The van der Waals surface area contributed by atoms with E-state index in [4.69, 9.17) is 10.7 Å². The predicted octanol–water partition coefficient (Wildman–Crippen LogP) is 6.88. The van der Waals surface area contributed by atoms with Gasteiger partial charge in [-0.15, -0.1) is 0 Å². The molecule has 0 spiro atoms. The standard InChI is InChI=1S/C29H44N2/c1-18(2)24-12-14-31-28(24)15-19(3)26-9-10-27-25-8-6-21-17-23(30)7-5-20(21)16-22(25)11-13-29(26,27)4/h5,8,11,18-19,21,23-24,26-27H,6-7,9-10,12-17,30H2,1-4H3/t19-,21+,23-,24?,26-,27?,29-/m1/s1. The van der Waals surface area contributed by atoms with E-state index in [1.54, 1.807) is 22.4 Å².